The van der Waals surface area contributed by atoms with Gasteiger partial charge in [0.25, 0.3) is 0 Å². The molecular formula is C15H21NO2. The average Bonchev–Trinajstić information content (AvgIpc) is 2.46. The molecule has 0 aliphatic carbocycles. The molecule has 3 nitrogen and oxygen atoms in total. The smallest absolute Gasteiger partial charge is 0.0952 e. The van der Waals surface area contributed by atoms with Gasteiger partial charge in [0.05, 0.1) is 19.3 Å². The third kappa shape index (κ3) is 2.74. The zero-order chi connectivity index (χ0) is 12.2. The fourth-order valence-corrected chi connectivity index (χ4v) is 2.82. The van der Waals surface area contributed by atoms with E-state index in [0.717, 1.165) is 32.8 Å². The molecule has 2 atom stereocenters. The van der Waals surface area contributed by atoms with Crippen LogP contribution in [-0.4, -0.2) is 32.4 Å². The Morgan fingerprint density at radius 2 is 2.17 bits per heavy atom. The Hall–Kier alpha value is -0.900. The van der Waals surface area contributed by atoms with Crippen molar-refractivity contribution in [1.29, 1.82) is 0 Å². The summed E-state index contributed by atoms with van der Waals surface area (Å²) in [5, 5.41) is 3.58. The van der Waals surface area contributed by atoms with Crippen LogP contribution in [0.2, 0.25) is 0 Å². The van der Waals surface area contributed by atoms with Crippen molar-refractivity contribution >= 4 is 0 Å². The van der Waals surface area contributed by atoms with E-state index in [-0.39, 0.29) is 6.10 Å². The first-order valence-corrected chi connectivity index (χ1v) is 6.94. The van der Waals surface area contributed by atoms with E-state index in [1.807, 2.05) is 0 Å². The molecule has 0 aromatic heterocycles. The second-order valence-corrected chi connectivity index (χ2v) is 5.13. The van der Waals surface area contributed by atoms with E-state index in [9.17, 15) is 0 Å². The number of hydrogen-bond acceptors (Lipinski definition) is 3. The van der Waals surface area contributed by atoms with Crippen LogP contribution < -0.4 is 5.32 Å². The quantitative estimate of drug-likeness (QED) is 0.887. The first kappa shape index (κ1) is 12.2. The van der Waals surface area contributed by atoms with Gasteiger partial charge in [0.1, 0.15) is 0 Å². The van der Waals surface area contributed by atoms with Gasteiger partial charge >= 0.3 is 0 Å². The molecule has 3 heteroatoms. The van der Waals surface area contributed by atoms with Gasteiger partial charge in [0, 0.05) is 19.2 Å². The van der Waals surface area contributed by atoms with Gasteiger partial charge in [-0.25, -0.2) is 0 Å². The Bertz CT molecular complexity index is 388. The maximum absolute atomic E-state index is 5.89. The SMILES string of the molecule is c1ccc2c(c1)CCOC2CNC1CCCOC1. The minimum atomic E-state index is 0.205. The lowest BCUT2D eigenvalue weighted by molar-refractivity contribution is 0.0284. The third-order valence-electron chi connectivity index (χ3n) is 3.84. The predicted molar refractivity (Wildman–Crippen MR) is 70.7 cm³/mol. The highest BCUT2D eigenvalue weighted by molar-refractivity contribution is 5.31. The molecule has 2 aliphatic heterocycles. The largest absolute Gasteiger partial charge is 0.380 e. The first-order valence-electron chi connectivity index (χ1n) is 6.94. The Balaban J connectivity index is 1.60. The highest BCUT2D eigenvalue weighted by Crippen LogP contribution is 2.26. The van der Waals surface area contributed by atoms with E-state index >= 15 is 0 Å². The molecule has 18 heavy (non-hydrogen) atoms. The summed E-state index contributed by atoms with van der Waals surface area (Å²) in [5.74, 6) is 0. The summed E-state index contributed by atoms with van der Waals surface area (Å²) in [7, 11) is 0. The molecule has 2 unspecified atom stereocenters. The molecule has 2 heterocycles. The van der Waals surface area contributed by atoms with Crippen molar-refractivity contribution in [3.8, 4) is 0 Å². The van der Waals surface area contributed by atoms with Crippen LogP contribution in [0.3, 0.4) is 0 Å². The maximum atomic E-state index is 5.89. The van der Waals surface area contributed by atoms with Gasteiger partial charge in [-0.05, 0) is 30.4 Å². The molecule has 1 N–H and O–H groups in total. The second kappa shape index (κ2) is 5.83. The molecular weight excluding hydrogens is 226 g/mol. The summed E-state index contributed by atoms with van der Waals surface area (Å²) >= 11 is 0. The lowest BCUT2D eigenvalue weighted by Gasteiger charge is -2.29. The van der Waals surface area contributed by atoms with Crippen molar-refractivity contribution in [3.05, 3.63) is 35.4 Å². The van der Waals surface area contributed by atoms with Gasteiger partial charge in [-0.15, -0.1) is 0 Å². The van der Waals surface area contributed by atoms with E-state index in [1.54, 1.807) is 0 Å². The summed E-state index contributed by atoms with van der Waals surface area (Å²) in [5.41, 5.74) is 2.79. The summed E-state index contributed by atoms with van der Waals surface area (Å²) in [4.78, 5) is 0. The number of benzene rings is 1. The van der Waals surface area contributed by atoms with Crippen LogP contribution in [0.5, 0.6) is 0 Å². The molecule has 0 amide bonds. The fourth-order valence-electron chi connectivity index (χ4n) is 2.82. The lowest BCUT2D eigenvalue weighted by Crippen LogP contribution is -2.40. The average molecular weight is 247 g/mol. The molecule has 1 fully saturated rings. The normalized spacial score (nSPS) is 27.8. The molecule has 0 bridgehead atoms. The number of fused-ring (bicyclic) bond motifs is 1. The van der Waals surface area contributed by atoms with Crippen LogP contribution in [0, 0.1) is 0 Å². The molecule has 0 spiro atoms. The van der Waals surface area contributed by atoms with Gasteiger partial charge < -0.3 is 14.8 Å². The molecule has 0 saturated carbocycles. The monoisotopic (exact) mass is 247 g/mol. The fraction of sp³-hybridized carbons (Fsp3) is 0.600. The molecule has 1 aromatic rings. The molecule has 1 aromatic carbocycles. The van der Waals surface area contributed by atoms with Crippen molar-refractivity contribution in [2.24, 2.45) is 0 Å². The van der Waals surface area contributed by atoms with Gasteiger partial charge in [0.15, 0.2) is 0 Å². The van der Waals surface area contributed by atoms with Gasteiger partial charge in [-0.1, -0.05) is 24.3 Å². The standard InChI is InChI=1S/C15H21NO2/c1-2-6-14-12(4-1)7-9-18-15(14)10-16-13-5-3-8-17-11-13/h1-2,4,6,13,15-16H,3,5,7-11H2. The van der Waals surface area contributed by atoms with Crippen molar-refractivity contribution in [2.45, 2.75) is 31.4 Å². The minimum Gasteiger partial charge on any atom is -0.380 e. The van der Waals surface area contributed by atoms with Crippen LogP contribution in [0.1, 0.15) is 30.1 Å². The number of ether oxygens (including phenoxy) is 2. The second-order valence-electron chi connectivity index (χ2n) is 5.13. The summed E-state index contributed by atoms with van der Waals surface area (Å²) in [6, 6.07) is 9.12. The predicted octanol–water partition coefficient (Wildman–Crippen LogP) is 2.07. The van der Waals surface area contributed by atoms with Crippen LogP contribution in [0.15, 0.2) is 24.3 Å². The van der Waals surface area contributed by atoms with E-state index in [4.69, 9.17) is 9.47 Å². The van der Waals surface area contributed by atoms with E-state index in [1.165, 1.54) is 24.0 Å². The molecule has 98 valence electrons. The Kier molecular flexibility index (Phi) is 3.93. The van der Waals surface area contributed by atoms with Crippen molar-refractivity contribution < 1.29 is 9.47 Å². The highest BCUT2D eigenvalue weighted by Gasteiger charge is 2.22. The molecule has 1 saturated heterocycles. The minimum absolute atomic E-state index is 0.205. The first-order chi connectivity index (χ1) is 8.93. The maximum Gasteiger partial charge on any atom is 0.0952 e. The lowest BCUT2D eigenvalue weighted by atomic mass is 9.97. The van der Waals surface area contributed by atoms with Crippen LogP contribution >= 0.6 is 0 Å². The third-order valence-corrected chi connectivity index (χ3v) is 3.84. The molecule has 0 radical (unpaired) electrons. The van der Waals surface area contributed by atoms with E-state index in [2.05, 4.69) is 29.6 Å². The molecule has 2 aliphatic rings. The van der Waals surface area contributed by atoms with E-state index in [0.29, 0.717) is 6.04 Å². The summed E-state index contributed by atoms with van der Waals surface area (Å²) in [6.07, 6.45) is 3.63. The topological polar surface area (TPSA) is 30.5 Å². The van der Waals surface area contributed by atoms with Crippen molar-refractivity contribution in [3.63, 3.8) is 0 Å². The number of rotatable bonds is 3. The zero-order valence-electron chi connectivity index (χ0n) is 10.7. The van der Waals surface area contributed by atoms with Crippen molar-refractivity contribution in [1.82, 2.24) is 5.32 Å². The Morgan fingerprint density at radius 1 is 1.22 bits per heavy atom. The number of nitrogens with one attached hydrogen (secondary N) is 1. The van der Waals surface area contributed by atoms with Crippen molar-refractivity contribution in [2.75, 3.05) is 26.4 Å². The number of hydrogen-bond donors (Lipinski definition) is 1. The summed E-state index contributed by atoms with van der Waals surface area (Å²) in [6.45, 7) is 3.49. The van der Waals surface area contributed by atoms with Gasteiger partial charge in [0.2, 0.25) is 0 Å². The Morgan fingerprint density at radius 3 is 3.06 bits per heavy atom. The van der Waals surface area contributed by atoms with Gasteiger partial charge in [-0.2, -0.15) is 0 Å². The van der Waals surface area contributed by atoms with Crippen LogP contribution in [-0.2, 0) is 15.9 Å². The van der Waals surface area contributed by atoms with E-state index < -0.39 is 0 Å². The highest BCUT2D eigenvalue weighted by atomic mass is 16.5. The van der Waals surface area contributed by atoms with Crippen LogP contribution in [0.4, 0.5) is 0 Å². The van der Waals surface area contributed by atoms with Crippen LogP contribution in [0.25, 0.3) is 0 Å². The Labute approximate surface area is 108 Å². The van der Waals surface area contributed by atoms with Gasteiger partial charge in [-0.3, -0.25) is 0 Å². The zero-order valence-corrected chi connectivity index (χ0v) is 10.7. The summed E-state index contributed by atoms with van der Waals surface area (Å²) < 4.78 is 11.4. The molecule has 3 rings (SSSR count).